The van der Waals surface area contributed by atoms with Gasteiger partial charge in [-0.15, -0.1) is 0 Å². The van der Waals surface area contributed by atoms with Gasteiger partial charge in [-0.1, -0.05) is 6.07 Å². The van der Waals surface area contributed by atoms with Crippen LogP contribution in [0.25, 0.3) is 11.3 Å². The Bertz CT molecular complexity index is 866. The van der Waals surface area contributed by atoms with Gasteiger partial charge < -0.3 is 9.73 Å². The first-order chi connectivity index (χ1) is 12.1. The van der Waals surface area contributed by atoms with Gasteiger partial charge in [-0.25, -0.2) is 13.8 Å². The first kappa shape index (κ1) is 16.8. The fraction of sp³-hybridized carbons (Fsp3) is 0.167. The largest absolute Gasteiger partial charge is 0.441 e. The van der Waals surface area contributed by atoms with Crippen LogP contribution in [0.4, 0.5) is 8.78 Å². The van der Waals surface area contributed by atoms with Crippen LogP contribution in [0.2, 0.25) is 0 Å². The number of oxazole rings is 1. The second-order valence-corrected chi connectivity index (χ2v) is 5.38. The van der Waals surface area contributed by atoms with Crippen molar-refractivity contribution in [2.45, 2.75) is 19.4 Å². The van der Waals surface area contributed by atoms with Gasteiger partial charge in [0.25, 0.3) is 0 Å². The van der Waals surface area contributed by atoms with Crippen LogP contribution in [0.3, 0.4) is 0 Å². The lowest BCUT2D eigenvalue weighted by Crippen LogP contribution is -2.23. The molecule has 128 valence electrons. The highest BCUT2D eigenvalue weighted by Gasteiger charge is 2.13. The Morgan fingerprint density at radius 3 is 2.84 bits per heavy atom. The van der Waals surface area contributed by atoms with Crippen molar-refractivity contribution in [2.75, 3.05) is 0 Å². The van der Waals surface area contributed by atoms with E-state index >= 15 is 0 Å². The minimum Gasteiger partial charge on any atom is -0.441 e. The number of pyridine rings is 1. The predicted octanol–water partition coefficient (Wildman–Crippen LogP) is 3.26. The lowest BCUT2D eigenvalue weighted by molar-refractivity contribution is -0.121. The zero-order valence-corrected chi connectivity index (χ0v) is 13.2. The highest BCUT2D eigenvalue weighted by molar-refractivity contribution is 5.76. The molecule has 0 aliphatic rings. The Morgan fingerprint density at radius 1 is 1.20 bits per heavy atom. The number of nitrogens with one attached hydrogen (secondary N) is 1. The van der Waals surface area contributed by atoms with Crippen LogP contribution < -0.4 is 5.32 Å². The Balaban J connectivity index is 1.54. The summed E-state index contributed by atoms with van der Waals surface area (Å²) in [5.41, 5.74) is 1.03. The number of carbonyl (C=O) groups excluding carboxylic acids is 1. The van der Waals surface area contributed by atoms with E-state index in [1.807, 2.05) is 6.07 Å². The number of benzene rings is 1. The molecule has 0 aliphatic heterocycles. The van der Waals surface area contributed by atoms with E-state index in [1.54, 1.807) is 18.5 Å². The molecule has 1 amide bonds. The standard InChI is InChI=1S/C18H15F2N3O2/c19-13-3-4-14(15(20)8-13)16-11-23-18(25-16)6-5-17(24)22-10-12-2-1-7-21-9-12/h1-4,7-9,11H,5-6,10H2,(H,22,24). The number of hydrogen-bond acceptors (Lipinski definition) is 4. The number of aryl methyl sites for hydroxylation is 1. The third-order valence-electron chi connectivity index (χ3n) is 3.53. The molecule has 0 radical (unpaired) electrons. The molecular weight excluding hydrogens is 328 g/mol. The first-order valence-corrected chi connectivity index (χ1v) is 7.67. The van der Waals surface area contributed by atoms with E-state index in [0.717, 1.165) is 17.7 Å². The maximum absolute atomic E-state index is 13.7. The summed E-state index contributed by atoms with van der Waals surface area (Å²) in [6.45, 7) is 0.393. The first-order valence-electron chi connectivity index (χ1n) is 7.67. The van der Waals surface area contributed by atoms with E-state index in [9.17, 15) is 13.6 Å². The molecule has 3 rings (SSSR count). The number of amides is 1. The number of nitrogens with zero attached hydrogens (tertiary/aromatic N) is 2. The van der Waals surface area contributed by atoms with Crippen LogP contribution >= 0.6 is 0 Å². The Kier molecular flexibility index (Phi) is 5.13. The lowest BCUT2D eigenvalue weighted by Gasteiger charge is -2.03. The number of rotatable bonds is 6. The van der Waals surface area contributed by atoms with E-state index in [4.69, 9.17) is 4.42 Å². The topological polar surface area (TPSA) is 68.0 Å². The highest BCUT2D eigenvalue weighted by atomic mass is 19.1. The van der Waals surface area contributed by atoms with Gasteiger partial charge in [0.15, 0.2) is 11.7 Å². The second kappa shape index (κ2) is 7.65. The Labute approximate surface area is 142 Å². The van der Waals surface area contributed by atoms with Crippen molar-refractivity contribution in [1.82, 2.24) is 15.3 Å². The summed E-state index contributed by atoms with van der Waals surface area (Å²) in [5, 5.41) is 2.77. The fourth-order valence-corrected chi connectivity index (χ4v) is 2.25. The highest BCUT2D eigenvalue weighted by Crippen LogP contribution is 2.24. The molecule has 0 saturated carbocycles. The minimum atomic E-state index is -0.725. The van der Waals surface area contributed by atoms with Crippen LogP contribution in [0.15, 0.2) is 53.3 Å². The summed E-state index contributed by atoms with van der Waals surface area (Å²) in [7, 11) is 0. The van der Waals surface area contributed by atoms with Crippen molar-refractivity contribution >= 4 is 5.91 Å². The Morgan fingerprint density at radius 2 is 2.08 bits per heavy atom. The molecule has 5 nitrogen and oxygen atoms in total. The predicted molar refractivity (Wildman–Crippen MR) is 86.3 cm³/mol. The van der Waals surface area contributed by atoms with Crippen LogP contribution in [0.5, 0.6) is 0 Å². The smallest absolute Gasteiger partial charge is 0.220 e. The fourth-order valence-electron chi connectivity index (χ4n) is 2.25. The van der Waals surface area contributed by atoms with Gasteiger partial charge in [0, 0.05) is 37.8 Å². The van der Waals surface area contributed by atoms with Crippen LogP contribution in [-0.4, -0.2) is 15.9 Å². The molecule has 0 atom stereocenters. The molecule has 1 N–H and O–H groups in total. The molecular formula is C18H15F2N3O2. The van der Waals surface area contributed by atoms with Crippen molar-refractivity contribution in [3.05, 3.63) is 72.0 Å². The Hall–Kier alpha value is -3.09. The summed E-state index contributed by atoms with van der Waals surface area (Å²) >= 11 is 0. The molecule has 7 heteroatoms. The van der Waals surface area contributed by atoms with Gasteiger partial charge in [0.1, 0.15) is 11.6 Å². The molecule has 0 bridgehead atoms. The van der Waals surface area contributed by atoms with Crippen molar-refractivity contribution < 1.29 is 18.0 Å². The third-order valence-corrected chi connectivity index (χ3v) is 3.53. The van der Waals surface area contributed by atoms with E-state index in [1.165, 1.54) is 12.3 Å². The van der Waals surface area contributed by atoms with Gasteiger partial charge in [-0.2, -0.15) is 0 Å². The summed E-state index contributed by atoms with van der Waals surface area (Å²) in [6, 6.07) is 6.88. The molecule has 2 heterocycles. The van der Waals surface area contributed by atoms with Crippen LogP contribution in [0.1, 0.15) is 17.9 Å². The average molecular weight is 343 g/mol. The maximum Gasteiger partial charge on any atom is 0.220 e. The van der Waals surface area contributed by atoms with Gasteiger partial charge in [-0.05, 0) is 23.8 Å². The average Bonchev–Trinajstić information content (AvgIpc) is 3.08. The molecule has 0 fully saturated rings. The zero-order valence-electron chi connectivity index (χ0n) is 13.2. The maximum atomic E-state index is 13.7. The van der Waals surface area contributed by atoms with Gasteiger partial charge in [0.05, 0.1) is 11.8 Å². The number of hydrogen-bond donors (Lipinski definition) is 1. The van der Waals surface area contributed by atoms with Crippen molar-refractivity contribution in [3.8, 4) is 11.3 Å². The molecule has 3 aromatic rings. The molecule has 0 aliphatic carbocycles. The van der Waals surface area contributed by atoms with Crippen molar-refractivity contribution in [2.24, 2.45) is 0 Å². The lowest BCUT2D eigenvalue weighted by atomic mass is 10.2. The van der Waals surface area contributed by atoms with E-state index < -0.39 is 11.6 Å². The van der Waals surface area contributed by atoms with E-state index in [-0.39, 0.29) is 30.1 Å². The summed E-state index contributed by atoms with van der Waals surface area (Å²) in [5.74, 6) is -1.03. The molecule has 0 saturated heterocycles. The molecule has 25 heavy (non-hydrogen) atoms. The van der Waals surface area contributed by atoms with E-state index in [2.05, 4.69) is 15.3 Å². The molecule has 2 aromatic heterocycles. The van der Waals surface area contributed by atoms with Crippen molar-refractivity contribution in [3.63, 3.8) is 0 Å². The number of halogens is 2. The molecule has 1 aromatic carbocycles. The monoisotopic (exact) mass is 343 g/mol. The van der Waals surface area contributed by atoms with Gasteiger partial charge in [0.2, 0.25) is 5.91 Å². The third kappa shape index (κ3) is 4.47. The zero-order chi connectivity index (χ0) is 17.6. The second-order valence-electron chi connectivity index (χ2n) is 5.38. The molecule has 0 unspecified atom stereocenters. The van der Waals surface area contributed by atoms with Crippen LogP contribution in [0, 0.1) is 11.6 Å². The summed E-state index contributed by atoms with van der Waals surface area (Å²) in [6.07, 6.45) is 5.17. The number of carbonyl (C=O) groups is 1. The van der Waals surface area contributed by atoms with E-state index in [0.29, 0.717) is 12.4 Å². The summed E-state index contributed by atoms with van der Waals surface area (Å²) < 4.78 is 32.1. The van der Waals surface area contributed by atoms with Crippen LogP contribution in [-0.2, 0) is 17.8 Å². The SMILES string of the molecule is O=C(CCc1ncc(-c2ccc(F)cc2F)o1)NCc1cccnc1. The molecule has 0 spiro atoms. The van der Waals surface area contributed by atoms with Gasteiger partial charge >= 0.3 is 0 Å². The van der Waals surface area contributed by atoms with Crippen molar-refractivity contribution in [1.29, 1.82) is 0 Å². The number of aromatic nitrogens is 2. The summed E-state index contributed by atoms with van der Waals surface area (Å²) in [4.78, 5) is 19.9. The normalized spacial score (nSPS) is 10.6. The van der Waals surface area contributed by atoms with Gasteiger partial charge in [-0.3, -0.25) is 9.78 Å². The minimum absolute atomic E-state index is 0.126. The quantitative estimate of drug-likeness (QED) is 0.746.